The van der Waals surface area contributed by atoms with E-state index in [1.54, 1.807) is 7.11 Å². The van der Waals surface area contributed by atoms with Gasteiger partial charge in [0.25, 0.3) is 0 Å². The molecule has 6 unspecified atom stereocenters. The number of morpholine rings is 1. The molecular weight excluding hydrogens is 604 g/mol. The van der Waals surface area contributed by atoms with Gasteiger partial charge in [-0.1, -0.05) is 34.6 Å². The van der Waals surface area contributed by atoms with Crippen molar-refractivity contribution >= 4 is 12.2 Å². The lowest BCUT2D eigenvalue weighted by Gasteiger charge is -2.64. The van der Waals surface area contributed by atoms with E-state index in [-0.39, 0.29) is 52.8 Å². The second-order valence-corrected chi connectivity index (χ2v) is 18.9. The van der Waals surface area contributed by atoms with Gasteiger partial charge in [0.15, 0.2) is 6.29 Å². The van der Waals surface area contributed by atoms with E-state index in [1.165, 1.54) is 51.4 Å². The molecule has 8 nitrogen and oxygen atoms in total. The number of hydrogen-bond acceptors (Lipinski definition) is 7. The Bertz CT molecular complexity index is 1220. The van der Waals surface area contributed by atoms with Gasteiger partial charge in [-0.15, -0.1) is 0 Å². The van der Waals surface area contributed by atoms with Gasteiger partial charge in [-0.05, 0) is 129 Å². The number of aliphatic hydroxyl groups is 1. The van der Waals surface area contributed by atoms with Crippen molar-refractivity contribution in [1.82, 2.24) is 10.2 Å². The summed E-state index contributed by atoms with van der Waals surface area (Å²) in [7, 11) is 1.78. The number of carbonyl (C=O) groups excluding carboxylic acids is 2. The van der Waals surface area contributed by atoms with Gasteiger partial charge >= 0.3 is 0 Å². The van der Waals surface area contributed by atoms with Crippen LogP contribution in [0.1, 0.15) is 119 Å². The molecule has 0 aromatic carbocycles. The zero-order chi connectivity index (χ0) is 34.3. The monoisotopic (exact) mass is 670 g/mol. The topological polar surface area (TPSA) is 97.3 Å². The first-order chi connectivity index (χ1) is 22.8. The molecule has 8 heteroatoms. The van der Waals surface area contributed by atoms with Crippen molar-refractivity contribution in [3.63, 3.8) is 0 Å². The number of amides is 1. The molecule has 13 atom stereocenters. The maximum absolute atomic E-state index is 12.9. The predicted molar refractivity (Wildman–Crippen MR) is 185 cm³/mol. The zero-order valence-electron chi connectivity index (χ0n) is 31.1. The lowest BCUT2D eigenvalue weighted by Crippen LogP contribution is -2.60. The van der Waals surface area contributed by atoms with Crippen LogP contribution in [0.25, 0.3) is 0 Å². The smallest absolute Gasteiger partial charge is 0.223 e. The Morgan fingerprint density at radius 3 is 2.48 bits per heavy atom. The first kappa shape index (κ1) is 35.3. The maximum Gasteiger partial charge on any atom is 0.223 e. The van der Waals surface area contributed by atoms with Crippen LogP contribution in [0.5, 0.6) is 0 Å². The molecule has 272 valence electrons. The highest BCUT2D eigenvalue weighted by Crippen LogP contribution is 2.89. The van der Waals surface area contributed by atoms with E-state index in [4.69, 9.17) is 14.2 Å². The first-order valence-corrected chi connectivity index (χ1v) is 19.7. The Morgan fingerprint density at radius 1 is 1.04 bits per heavy atom. The van der Waals surface area contributed by atoms with Crippen LogP contribution in [-0.4, -0.2) is 86.2 Å². The van der Waals surface area contributed by atoms with Crippen LogP contribution < -0.4 is 5.32 Å². The summed E-state index contributed by atoms with van der Waals surface area (Å²) in [6, 6.07) is -0.174. The van der Waals surface area contributed by atoms with E-state index in [0.29, 0.717) is 73.1 Å². The highest BCUT2D eigenvalue weighted by Gasteiger charge is 2.83. The minimum Gasteiger partial charge on any atom is -0.393 e. The average Bonchev–Trinajstić information content (AvgIpc) is 3.98. The number of hydrogen-bond donors (Lipinski definition) is 2. The number of nitrogens with zero attached hydrogens (tertiary/aromatic N) is 1. The van der Waals surface area contributed by atoms with Gasteiger partial charge in [-0.3, -0.25) is 4.79 Å². The molecule has 0 aromatic heterocycles. The van der Waals surface area contributed by atoms with Crippen molar-refractivity contribution in [3.05, 3.63) is 0 Å². The number of ether oxygens (including phenoxy) is 3. The summed E-state index contributed by atoms with van der Waals surface area (Å²) in [6.07, 6.45) is 13.9. The van der Waals surface area contributed by atoms with E-state index in [0.717, 1.165) is 25.5 Å². The van der Waals surface area contributed by atoms with Gasteiger partial charge in [0, 0.05) is 32.0 Å². The summed E-state index contributed by atoms with van der Waals surface area (Å²) in [5, 5.41) is 15.4. The standard InChI is InChI=1S/C40H66N2O6/c1-25(18-28(46-7)21-41-26(2)23-43)29-20-32(44)38(6)31-11-10-30-36(3,4)33(12-13-39(30)24-40(31,39)15-14-37(29,38)5)48-35-22-42(16-17-47-35)34(45)19-27-8-9-27/h23,25-33,35,41,44H,8-22,24H2,1-7H3/t25-,26+,28?,29-,30+,31?,32+,33?,35+,37?,38-,39?,40?/m1/s1. The third-order valence-corrected chi connectivity index (χ3v) is 16.6. The minimum atomic E-state index is -0.325. The SMILES string of the molecule is COC(CN[C@@H](C)C=O)C[C@@H](C)[C@H]1C[C@H](O)[C@@]2(C)C3CC[C@H]4C(C)(C)C(O[C@H]5CN(C(=O)CC6CC6)CCO5)CCC45CC35CCC12C. The summed E-state index contributed by atoms with van der Waals surface area (Å²) in [6.45, 7) is 16.7. The normalized spacial score (nSPS) is 46.4. The van der Waals surface area contributed by atoms with Gasteiger partial charge < -0.3 is 34.3 Å². The molecule has 0 aromatic rings. The Balaban J connectivity index is 1.04. The number of aliphatic hydroxyl groups excluding tert-OH is 1. The van der Waals surface area contributed by atoms with Crippen molar-refractivity contribution in [3.8, 4) is 0 Å². The maximum atomic E-state index is 12.9. The van der Waals surface area contributed by atoms with Crippen LogP contribution in [0.2, 0.25) is 0 Å². The minimum absolute atomic E-state index is 0.0356. The number of rotatable bonds is 12. The Hall–Kier alpha value is -1.06. The summed E-state index contributed by atoms with van der Waals surface area (Å²) in [4.78, 5) is 26.1. The first-order valence-electron chi connectivity index (χ1n) is 19.7. The van der Waals surface area contributed by atoms with Crippen molar-refractivity contribution in [1.29, 1.82) is 0 Å². The summed E-state index contributed by atoms with van der Waals surface area (Å²) in [5.74, 6) is 2.93. The lowest BCUT2D eigenvalue weighted by molar-refractivity contribution is -0.248. The molecule has 1 saturated heterocycles. The summed E-state index contributed by atoms with van der Waals surface area (Å²) < 4.78 is 18.9. The van der Waals surface area contributed by atoms with E-state index < -0.39 is 0 Å². The zero-order valence-corrected chi connectivity index (χ0v) is 31.1. The number of carbonyl (C=O) groups is 2. The molecule has 1 heterocycles. The fourth-order valence-corrected chi connectivity index (χ4v) is 13.5. The molecule has 2 N–H and O–H groups in total. The van der Waals surface area contributed by atoms with Crippen LogP contribution in [0.15, 0.2) is 0 Å². The van der Waals surface area contributed by atoms with Gasteiger partial charge in [-0.25, -0.2) is 0 Å². The quantitative estimate of drug-likeness (QED) is 0.247. The molecule has 1 aliphatic heterocycles. The molecule has 7 aliphatic rings. The molecule has 7 fully saturated rings. The molecule has 1 amide bonds. The molecule has 6 saturated carbocycles. The second kappa shape index (κ2) is 12.6. The van der Waals surface area contributed by atoms with E-state index in [1.807, 2.05) is 11.8 Å². The van der Waals surface area contributed by atoms with E-state index in [2.05, 4.69) is 39.9 Å². The molecule has 7 rings (SSSR count). The van der Waals surface area contributed by atoms with Crippen molar-refractivity contribution in [2.75, 3.05) is 33.4 Å². The van der Waals surface area contributed by atoms with E-state index >= 15 is 0 Å². The van der Waals surface area contributed by atoms with Gasteiger partial charge in [-0.2, -0.15) is 0 Å². The van der Waals surface area contributed by atoms with Crippen LogP contribution in [0, 0.1) is 56.7 Å². The third kappa shape index (κ3) is 5.38. The number of aldehydes is 1. The molecule has 2 spiro atoms. The Labute approximate surface area is 290 Å². The number of methoxy groups -OCH3 is 1. The van der Waals surface area contributed by atoms with Crippen LogP contribution in [-0.2, 0) is 23.8 Å². The average molecular weight is 671 g/mol. The Kier molecular flexibility index (Phi) is 9.25. The largest absolute Gasteiger partial charge is 0.393 e. The van der Waals surface area contributed by atoms with Gasteiger partial charge in [0.05, 0.1) is 37.5 Å². The summed E-state index contributed by atoms with van der Waals surface area (Å²) in [5.41, 5.74) is 0.734. The predicted octanol–water partition coefficient (Wildman–Crippen LogP) is 5.98. The summed E-state index contributed by atoms with van der Waals surface area (Å²) >= 11 is 0. The van der Waals surface area contributed by atoms with E-state index in [9.17, 15) is 14.7 Å². The van der Waals surface area contributed by atoms with Crippen LogP contribution >= 0.6 is 0 Å². The van der Waals surface area contributed by atoms with Crippen molar-refractivity contribution in [2.45, 2.75) is 149 Å². The van der Waals surface area contributed by atoms with Crippen LogP contribution in [0.4, 0.5) is 0 Å². The Morgan fingerprint density at radius 2 is 1.77 bits per heavy atom. The fraction of sp³-hybridized carbons (Fsp3) is 0.950. The lowest BCUT2D eigenvalue weighted by atomic mass is 9.41. The molecule has 0 bridgehead atoms. The van der Waals surface area contributed by atoms with Crippen molar-refractivity contribution in [2.24, 2.45) is 56.7 Å². The second-order valence-electron chi connectivity index (χ2n) is 18.9. The van der Waals surface area contributed by atoms with Gasteiger partial charge in [0.1, 0.15) is 6.29 Å². The number of fused-ring (bicyclic) bond motifs is 2. The molecule has 48 heavy (non-hydrogen) atoms. The molecular formula is C40H66N2O6. The highest BCUT2D eigenvalue weighted by molar-refractivity contribution is 5.76. The molecule has 0 radical (unpaired) electrons. The molecule has 6 aliphatic carbocycles. The van der Waals surface area contributed by atoms with Crippen molar-refractivity contribution < 1.29 is 28.9 Å². The van der Waals surface area contributed by atoms with Gasteiger partial charge in [0.2, 0.25) is 5.91 Å². The third-order valence-electron chi connectivity index (χ3n) is 16.6. The fourth-order valence-electron chi connectivity index (χ4n) is 13.5. The highest BCUT2D eigenvalue weighted by atomic mass is 16.7. The number of nitrogens with one attached hydrogen (secondary N) is 1. The van der Waals surface area contributed by atoms with Crippen LogP contribution in [0.3, 0.4) is 0 Å².